The molecule has 0 aliphatic carbocycles. The van der Waals surface area contributed by atoms with Crippen molar-refractivity contribution in [2.75, 3.05) is 24.5 Å². The molecule has 1 unspecified atom stereocenters. The number of pyridine rings is 1. The summed E-state index contributed by atoms with van der Waals surface area (Å²) in [5.74, 6) is 1.26. The predicted molar refractivity (Wildman–Crippen MR) is 99.0 cm³/mol. The molecule has 1 amide bonds. The molecule has 1 aliphatic heterocycles. The van der Waals surface area contributed by atoms with Crippen LogP contribution in [0, 0.1) is 5.92 Å². The van der Waals surface area contributed by atoms with Crippen molar-refractivity contribution in [2.24, 2.45) is 5.92 Å². The summed E-state index contributed by atoms with van der Waals surface area (Å²) in [7, 11) is 0. The number of benzene rings is 1. The average molecular weight is 360 g/mol. The van der Waals surface area contributed by atoms with Crippen molar-refractivity contribution in [2.45, 2.75) is 19.4 Å². The Labute approximate surface area is 152 Å². The molecule has 2 atom stereocenters. The fraction of sp³-hybridized carbons (Fsp3) is 0.368. The van der Waals surface area contributed by atoms with E-state index in [0.29, 0.717) is 22.1 Å². The molecule has 5 nitrogen and oxygen atoms in total. The Morgan fingerprint density at radius 1 is 1.40 bits per heavy atom. The molecule has 6 heteroatoms. The second-order valence-electron chi connectivity index (χ2n) is 6.52. The van der Waals surface area contributed by atoms with E-state index in [1.807, 2.05) is 6.07 Å². The zero-order valence-electron chi connectivity index (χ0n) is 14.2. The summed E-state index contributed by atoms with van der Waals surface area (Å²) >= 11 is 5.84. The van der Waals surface area contributed by atoms with Gasteiger partial charge in [0.2, 0.25) is 0 Å². The lowest BCUT2D eigenvalue weighted by atomic mass is 10.1. The van der Waals surface area contributed by atoms with E-state index in [2.05, 4.69) is 22.1 Å². The van der Waals surface area contributed by atoms with Crippen LogP contribution in [0.1, 0.15) is 35.4 Å². The van der Waals surface area contributed by atoms with Crippen molar-refractivity contribution in [1.29, 1.82) is 0 Å². The molecule has 3 rings (SSSR count). The maximum absolute atomic E-state index is 12.4. The molecule has 0 spiro atoms. The van der Waals surface area contributed by atoms with E-state index in [-0.39, 0.29) is 12.5 Å². The summed E-state index contributed by atoms with van der Waals surface area (Å²) in [6.07, 6.45) is 2.02. The van der Waals surface area contributed by atoms with Crippen molar-refractivity contribution in [1.82, 2.24) is 10.3 Å². The van der Waals surface area contributed by atoms with Gasteiger partial charge in [0.05, 0.1) is 6.10 Å². The molecule has 2 N–H and O–H groups in total. The van der Waals surface area contributed by atoms with Gasteiger partial charge in [-0.05, 0) is 42.2 Å². The van der Waals surface area contributed by atoms with Crippen LogP contribution < -0.4 is 10.2 Å². The third-order valence-electron chi connectivity index (χ3n) is 4.47. The fourth-order valence-electron chi connectivity index (χ4n) is 2.97. The number of aliphatic hydroxyl groups is 1. The predicted octanol–water partition coefficient (Wildman–Crippen LogP) is 3.04. The first-order valence-electron chi connectivity index (χ1n) is 8.45. The number of aliphatic hydroxyl groups excluding tert-OH is 1. The summed E-state index contributed by atoms with van der Waals surface area (Å²) in [5.41, 5.74) is 1.26. The molecule has 2 aromatic rings. The Morgan fingerprint density at radius 2 is 2.16 bits per heavy atom. The molecule has 0 saturated carbocycles. The van der Waals surface area contributed by atoms with E-state index in [9.17, 15) is 9.90 Å². The van der Waals surface area contributed by atoms with Gasteiger partial charge < -0.3 is 15.3 Å². The van der Waals surface area contributed by atoms with Crippen LogP contribution in [0.5, 0.6) is 0 Å². The lowest BCUT2D eigenvalue weighted by Crippen LogP contribution is -2.29. The average Bonchev–Trinajstić information content (AvgIpc) is 3.06. The summed E-state index contributed by atoms with van der Waals surface area (Å²) in [4.78, 5) is 18.9. The number of hydrogen-bond acceptors (Lipinski definition) is 4. The third-order valence-corrected chi connectivity index (χ3v) is 4.72. The number of carbonyl (C=O) groups is 1. The highest BCUT2D eigenvalue weighted by atomic mass is 35.5. The maximum atomic E-state index is 12.4. The molecule has 0 bridgehead atoms. The van der Waals surface area contributed by atoms with Crippen LogP contribution in [-0.4, -0.2) is 35.6 Å². The second kappa shape index (κ2) is 7.85. The minimum atomic E-state index is -0.776. The van der Waals surface area contributed by atoms with Crippen LogP contribution in [0.4, 0.5) is 5.82 Å². The van der Waals surface area contributed by atoms with Gasteiger partial charge in [-0.1, -0.05) is 30.7 Å². The van der Waals surface area contributed by atoms with Crippen molar-refractivity contribution in [3.8, 4) is 0 Å². The standard InChI is InChI=1S/C19H22ClN3O2/c1-13-7-9-23(12-13)18-10-15(6-8-21-18)19(25)22-11-17(24)14-2-4-16(20)5-3-14/h2-6,8,10,13,17,24H,7,9,11-12H2,1H3,(H,22,25)/t13?,17-/m1/s1. The maximum Gasteiger partial charge on any atom is 0.251 e. The lowest BCUT2D eigenvalue weighted by Gasteiger charge is -2.17. The van der Waals surface area contributed by atoms with Gasteiger partial charge in [-0.3, -0.25) is 4.79 Å². The SMILES string of the molecule is CC1CCN(c2cc(C(=O)NC[C@@H](O)c3ccc(Cl)cc3)ccn2)C1. The summed E-state index contributed by atoms with van der Waals surface area (Å²) in [6.45, 7) is 4.29. The molecule has 132 valence electrons. The van der Waals surface area contributed by atoms with Crippen LogP contribution in [-0.2, 0) is 0 Å². The number of rotatable bonds is 5. The largest absolute Gasteiger partial charge is 0.387 e. The molecule has 2 heterocycles. The van der Waals surface area contributed by atoms with E-state index in [1.54, 1.807) is 36.5 Å². The molecule has 1 aromatic heterocycles. The number of hydrogen-bond donors (Lipinski definition) is 2. The number of aromatic nitrogens is 1. The van der Waals surface area contributed by atoms with Crippen LogP contribution in [0.2, 0.25) is 5.02 Å². The highest BCUT2D eigenvalue weighted by Gasteiger charge is 2.20. The van der Waals surface area contributed by atoms with Crippen molar-refractivity contribution >= 4 is 23.3 Å². The zero-order chi connectivity index (χ0) is 17.8. The quantitative estimate of drug-likeness (QED) is 0.861. The van der Waals surface area contributed by atoms with Gasteiger partial charge in [0.25, 0.3) is 5.91 Å². The summed E-state index contributed by atoms with van der Waals surface area (Å²) in [6, 6.07) is 10.4. The van der Waals surface area contributed by atoms with Crippen LogP contribution in [0.15, 0.2) is 42.6 Å². The van der Waals surface area contributed by atoms with E-state index in [4.69, 9.17) is 11.6 Å². The minimum absolute atomic E-state index is 0.138. The molecular formula is C19H22ClN3O2. The first kappa shape index (κ1) is 17.7. The molecule has 1 aliphatic rings. The first-order valence-corrected chi connectivity index (χ1v) is 8.83. The first-order chi connectivity index (χ1) is 12.0. The van der Waals surface area contributed by atoms with Gasteiger partial charge in [-0.2, -0.15) is 0 Å². The monoisotopic (exact) mass is 359 g/mol. The van der Waals surface area contributed by atoms with E-state index >= 15 is 0 Å². The molecule has 25 heavy (non-hydrogen) atoms. The highest BCUT2D eigenvalue weighted by molar-refractivity contribution is 6.30. The fourth-order valence-corrected chi connectivity index (χ4v) is 3.10. The summed E-state index contributed by atoms with van der Waals surface area (Å²) < 4.78 is 0. The molecule has 0 radical (unpaired) electrons. The molecule has 1 saturated heterocycles. The van der Waals surface area contributed by atoms with E-state index in [1.165, 1.54) is 0 Å². The second-order valence-corrected chi connectivity index (χ2v) is 6.96. The molecule has 1 fully saturated rings. The summed E-state index contributed by atoms with van der Waals surface area (Å²) in [5, 5.41) is 13.6. The van der Waals surface area contributed by atoms with Gasteiger partial charge in [-0.25, -0.2) is 4.98 Å². The lowest BCUT2D eigenvalue weighted by molar-refractivity contribution is 0.0916. The van der Waals surface area contributed by atoms with Gasteiger partial charge in [0, 0.05) is 36.4 Å². The minimum Gasteiger partial charge on any atom is -0.387 e. The molecular weight excluding hydrogens is 338 g/mol. The van der Waals surface area contributed by atoms with Crippen molar-refractivity contribution in [3.05, 3.63) is 58.7 Å². The Kier molecular flexibility index (Phi) is 5.56. The van der Waals surface area contributed by atoms with Gasteiger partial charge >= 0.3 is 0 Å². The van der Waals surface area contributed by atoms with Gasteiger partial charge in [-0.15, -0.1) is 0 Å². The number of carbonyl (C=O) groups excluding carboxylic acids is 1. The third kappa shape index (κ3) is 4.50. The van der Waals surface area contributed by atoms with Crippen LogP contribution in [0.3, 0.4) is 0 Å². The smallest absolute Gasteiger partial charge is 0.251 e. The Bertz CT molecular complexity index is 736. The Balaban J connectivity index is 1.60. The van der Waals surface area contributed by atoms with E-state index < -0.39 is 6.10 Å². The van der Waals surface area contributed by atoms with E-state index in [0.717, 1.165) is 25.3 Å². The number of nitrogens with one attached hydrogen (secondary N) is 1. The number of amides is 1. The van der Waals surface area contributed by atoms with Crippen molar-refractivity contribution < 1.29 is 9.90 Å². The zero-order valence-corrected chi connectivity index (χ0v) is 14.9. The molecule has 1 aromatic carbocycles. The topological polar surface area (TPSA) is 65.5 Å². The number of anilines is 1. The van der Waals surface area contributed by atoms with Crippen molar-refractivity contribution in [3.63, 3.8) is 0 Å². The van der Waals surface area contributed by atoms with Gasteiger partial charge in [0.1, 0.15) is 5.82 Å². The normalized spacial score (nSPS) is 18.2. The Morgan fingerprint density at radius 3 is 2.84 bits per heavy atom. The van der Waals surface area contributed by atoms with Crippen LogP contribution in [0.25, 0.3) is 0 Å². The Hall–Kier alpha value is -2.11. The van der Waals surface area contributed by atoms with Gasteiger partial charge in [0.15, 0.2) is 0 Å². The van der Waals surface area contributed by atoms with Crippen LogP contribution >= 0.6 is 11.6 Å². The highest BCUT2D eigenvalue weighted by Crippen LogP contribution is 2.22. The number of halogens is 1. The number of nitrogens with zero attached hydrogens (tertiary/aromatic N) is 2.